The van der Waals surface area contributed by atoms with E-state index in [9.17, 15) is 9.90 Å². The van der Waals surface area contributed by atoms with Crippen molar-refractivity contribution >= 4 is 29.5 Å². The summed E-state index contributed by atoms with van der Waals surface area (Å²) in [5.74, 6) is 0.461. The Bertz CT molecular complexity index is 728. The third-order valence-electron chi connectivity index (χ3n) is 3.64. The zero-order chi connectivity index (χ0) is 17.9. The highest BCUT2D eigenvalue weighted by atomic mass is 32.1. The van der Waals surface area contributed by atoms with Crippen LogP contribution in [0.5, 0.6) is 0 Å². The van der Waals surface area contributed by atoms with Crippen LogP contribution in [0.1, 0.15) is 40.2 Å². The predicted octanol–water partition coefficient (Wildman–Crippen LogP) is 3.14. The average molecular weight is 369 g/mol. The molecule has 0 aliphatic rings. The van der Waals surface area contributed by atoms with E-state index in [1.165, 1.54) is 11.3 Å². The fourth-order valence-corrected chi connectivity index (χ4v) is 3.58. The van der Waals surface area contributed by atoms with Crippen molar-refractivity contribution in [1.82, 2.24) is 20.1 Å². The second kappa shape index (κ2) is 7.58. The molecule has 24 heavy (non-hydrogen) atoms. The Balaban J connectivity index is 2.20. The molecule has 2 aromatic rings. The molecule has 0 fully saturated rings. The van der Waals surface area contributed by atoms with Crippen molar-refractivity contribution in [2.75, 3.05) is 6.61 Å². The van der Waals surface area contributed by atoms with Crippen LogP contribution in [0, 0.1) is 10.2 Å². The molecule has 0 bridgehead atoms. The fourth-order valence-electron chi connectivity index (χ4n) is 2.58. The first-order chi connectivity index (χ1) is 11.2. The van der Waals surface area contributed by atoms with E-state index < -0.39 is 6.04 Å². The second-order valence-electron chi connectivity index (χ2n) is 7.03. The lowest BCUT2D eigenvalue weighted by Crippen LogP contribution is -2.43. The molecule has 0 saturated heterocycles. The zero-order valence-electron chi connectivity index (χ0n) is 14.4. The normalized spacial score (nSPS) is 14.4. The first-order valence-electron chi connectivity index (χ1n) is 7.85. The van der Waals surface area contributed by atoms with E-state index in [-0.39, 0.29) is 24.0 Å². The van der Waals surface area contributed by atoms with Gasteiger partial charge in [0.1, 0.15) is 6.04 Å². The summed E-state index contributed by atoms with van der Waals surface area (Å²) in [6, 6.07) is 3.05. The molecule has 2 unspecified atom stereocenters. The highest BCUT2D eigenvalue weighted by Crippen LogP contribution is 2.26. The van der Waals surface area contributed by atoms with Crippen LogP contribution in [0.3, 0.4) is 0 Å². The lowest BCUT2D eigenvalue weighted by Gasteiger charge is -2.26. The monoisotopic (exact) mass is 368 g/mol. The number of hydrogen-bond acceptors (Lipinski definition) is 5. The van der Waals surface area contributed by atoms with Gasteiger partial charge in [0.15, 0.2) is 10.6 Å². The Morgan fingerprint density at radius 3 is 2.79 bits per heavy atom. The molecule has 0 aromatic carbocycles. The lowest BCUT2D eigenvalue weighted by molar-refractivity contribution is -0.125. The summed E-state index contributed by atoms with van der Waals surface area (Å²) in [5, 5.41) is 21.4. The molecule has 0 aliphatic carbocycles. The van der Waals surface area contributed by atoms with Gasteiger partial charge in [-0.25, -0.2) is 0 Å². The maximum atomic E-state index is 12.6. The maximum absolute atomic E-state index is 12.6. The quantitative estimate of drug-likeness (QED) is 0.684. The van der Waals surface area contributed by atoms with E-state index in [4.69, 9.17) is 12.2 Å². The van der Waals surface area contributed by atoms with Crippen molar-refractivity contribution < 1.29 is 9.90 Å². The van der Waals surface area contributed by atoms with Crippen LogP contribution < -0.4 is 5.32 Å². The van der Waals surface area contributed by atoms with E-state index in [1.54, 1.807) is 11.5 Å². The molecular formula is C16H24N4O2S2. The number of hydrogen-bond donors (Lipinski definition) is 3. The number of aliphatic hydroxyl groups is 1. The number of amides is 1. The third kappa shape index (κ3) is 4.52. The van der Waals surface area contributed by atoms with Crippen molar-refractivity contribution in [3.8, 4) is 10.7 Å². The summed E-state index contributed by atoms with van der Waals surface area (Å²) in [6.45, 7) is 7.92. The fraction of sp³-hybridized carbons (Fsp3) is 0.562. The molecule has 0 aliphatic heterocycles. The molecule has 1 amide bonds. The van der Waals surface area contributed by atoms with Gasteiger partial charge in [-0.3, -0.25) is 14.5 Å². The number of aromatic nitrogens is 3. The second-order valence-corrected chi connectivity index (χ2v) is 8.36. The van der Waals surface area contributed by atoms with Gasteiger partial charge in [-0.05, 0) is 42.4 Å². The number of aliphatic hydroxyl groups excluding tert-OH is 1. The molecule has 2 rings (SSSR count). The Hall–Kier alpha value is -1.51. The van der Waals surface area contributed by atoms with Crippen LogP contribution in [-0.2, 0) is 4.79 Å². The number of H-pyrrole nitrogens is 1. The van der Waals surface area contributed by atoms with Crippen molar-refractivity contribution in [2.24, 2.45) is 5.41 Å². The lowest BCUT2D eigenvalue weighted by atomic mass is 9.88. The Morgan fingerprint density at radius 2 is 2.25 bits per heavy atom. The van der Waals surface area contributed by atoms with Crippen LogP contribution in [0.4, 0.5) is 0 Å². The van der Waals surface area contributed by atoms with E-state index in [2.05, 4.69) is 36.3 Å². The van der Waals surface area contributed by atoms with Crippen molar-refractivity contribution in [3.63, 3.8) is 0 Å². The van der Waals surface area contributed by atoms with Crippen LogP contribution in [0.25, 0.3) is 10.7 Å². The first-order valence-corrected chi connectivity index (χ1v) is 9.13. The summed E-state index contributed by atoms with van der Waals surface area (Å²) in [6.07, 6.45) is 0.691. The highest BCUT2D eigenvalue weighted by molar-refractivity contribution is 7.71. The Morgan fingerprint density at radius 1 is 1.54 bits per heavy atom. The summed E-state index contributed by atoms with van der Waals surface area (Å²) in [7, 11) is 0. The zero-order valence-corrected chi connectivity index (χ0v) is 16.0. The molecule has 0 saturated carbocycles. The smallest absolute Gasteiger partial charge is 0.243 e. The van der Waals surface area contributed by atoms with E-state index >= 15 is 0 Å². The molecule has 132 valence electrons. The highest BCUT2D eigenvalue weighted by Gasteiger charge is 2.25. The maximum Gasteiger partial charge on any atom is 0.243 e. The Kier molecular flexibility index (Phi) is 5.95. The SMILES string of the molecule is CC(C(=O)NC(CO)CC(C)(C)C)n1c(-c2cccs2)n[nH]c1=S. The molecule has 3 N–H and O–H groups in total. The number of rotatable bonds is 6. The number of thiophene rings is 1. The minimum Gasteiger partial charge on any atom is -0.394 e. The standard InChI is InChI=1S/C16H24N4O2S2/c1-10(14(22)17-11(9-21)8-16(2,3)4)20-13(18-19-15(20)23)12-6-5-7-24-12/h5-7,10-11,21H,8-9H2,1-4H3,(H,17,22)(H,19,23). The van der Waals surface area contributed by atoms with Gasteiger partial charge in [0.05, 0.1) is 17.5 Å². The summed E-state index contributed by atoms with van der Waals surface area (Å²) in [5.41, 5.74) is 0.0119. The summed E-state index contributed by atoms with van der Waals surface area (Å²) in [4.78, 5) is 13.6. The minimum atomic E-state index is -0.526. The van der Waals surface area contributed by atoms with Gasteiger partial charge in [0, 0.05) is 0 Å². The largest absolute Gasteiger partial charge is 0.394 e. The van der Waals surface area contributed by atoms with E-state index in [1.807, 2.05) is 17.5 Å². The number of nitrogens with zero attached hydrogens (tertiary/aromatic N) is 2. The van der Waals surface area contributed by atoms with Crippen LogP contribution in [0.2, 0.25) is 0 Å². The molecule has 2 heterocycles. The molecule has 8 heteroatoms. The van der Waals surface area contributed by atoms with Crippen LogP contribution >= 0.6 is 23.6 Å². The number of nitrogens with one attached hydrogen (secondary N) is 2. The van der Waals surface area contributed by atoms with Gasteiger partial charge in [0.25, 0.3) is 0 Å². The molecule has 2 atom stereocenters. The van der Waals surface area contributed by atoms with Crippen LogP contribution in [-0.4, -0.2) is 38.4 Å². The van der Waals surface area contributed by atoms with E-state index in [0.29, 0.717) is 17.0 Å². The van der Waals surface area contributed by atoms with Gasteiger partial charge in [-0.1, -0.05) is 26.8 Å². The Labute approximate surface area is 150 Å². The summed E-state index contributed by atoms with van der Waals surface area (Å²) < 4.78 is 2.11. The number of carbonyl (C=O) groups excluding carboxylic acids is 1. The first kappa shape index (κ1) is 18.8. The molecule has 0 spiro atoms. The molecule has 6 nitrogen and oxygen atoms in total. The molecule has 0 radical (unpaired) electrons. The van der Waals surface area contributed by atoms with Gasteiger partial charge in [0.2, 0.25) is 5.91 Å². The van der Waals surface area contributed by atoms with Crippen molar-refractivity contribution in [1.29, 1.82) is 0 Å². The van der Waals surface area contributed by atoms with Crippen molar-refractivity contribution in [3.05, 3.63) is 22.3 Å². The van der Waals surface area contributed by atoms with Crippen LogP contribution in [0.15, 0.2) is 17.5 Å². The van der Waals surface area contributed by atoms with Gasteiger partial charge < -0.3 is 10.4 Å². The number of aromatic amines is 1. The van der Waals surface area contributed by atoms with Gasteiger partial charge in [-0.2, -0.15) is 5.10 Å². The average Bonchev–Trinajstić information content (AvgIpc) is 3.13. The summed E-state index contributed by atoms with van der Waals surface area (Å²) >= 11 is 6.83. The molecular weight excluding hydrogens is 344 g/mol. The van der Waals surface area contributed by atoms with E-state index in [0.717, 1.165) is 4.88 Å². The number of carbonyl (C=O) groups is 1. The predicted molar refractivity (Wildman–Crippen MR) is 98.5 cm³/mol. The van der Waals surface area contributed by atoms with Gasteiger partial charge >= 0.3 is 0 Å². The minimum absolute atomic E-state index is 0.0119. The molecule has 2 aromatic heterocycles. The third-order valence-corrected chi connectivity index (χ3v) is 4.79. The van der Waals surface area contributed by atoms with Gasteiger partial charge in [-0.15, -0.1) is 11.3 Å². The topological polar surface area (TPSA) is 82.9 Å². The van der Waals surface area contributed by atoms with Crippen molar-refractivity contribution in [2.45, 2.75) is 46.2 Å².